The molecule has 0 fully saturated rings. The molecule has 0 bridgehead atoms. The topological polar surface area (TPSA) is 77.5 Å². The van der Waals surface area contributed by atoms with Gasteiger partial charge >= 0.3 is 0 Å². The number of hydrogen-bond acceptors (Lipinski definition) is 4. The lowest BCUT2D eigenvalue weighted by molar-refractivity contribution is 0.0918. The Bertz CT molecular complexity index is 323. The molecular weight excluding hydrogens is 208 g/mol. The molecule has 0 aromatic carbocycles. The molecule has 90 valence electrons. The first-order chi connectivity index (χ1) is 7.79. The van der Waals surface area contributed by atoms with E-state index in [-0.39, 0.29) is 5.91 Å². The van der Waals surface area contributed by atoms with E-state index < -0.39 is 0 Å². The molecule has 0 unspecified atom stereocenters. The van der Waals surface area contributed by atoms with E-state index in [1.807, 2.05) is 6.92 Å². The molecule has 0 aliphatic rings. The summed E-state index contributed by atoms with van der Waals surface area (Å²) in [4.78, 5) is 11.7. The van der Waals surface area contributed by atoms with Crippen LogP contribution in [0.1, 0.15) is 23.0 Å². The van der Waals surface area contributed by atoms with Crippen molar-refractivity contribution in [3.05, 3.63) is 23.7 Å². The lowest BCUT2D eigenvalue weighted by atomic mass is 10.2. The first-order valence-corrected chi connectivity index (χ1v) is 5.42. The van der Waals surface area contributed by atoms with E-state index >= 15 is 0 Å². The molecule has 1 rings (SSSR count). The van der Waals surface area contributed by atoms with Crippen molar-refractivity contribution in [3.63, 3.8) is 0 Å². The minimum Gasteiger partial charge on any atom is -0.469 e. The van der Waals surface area contributed by atoms with Crippen LogP contribution in [0.3, 0.4) is 0 Å². The first-order valence-electron chi connectivity index (χ1n) is 5.42. The zero-order valence-corrected chi connectivity index (χ0v) is 9.49. The molecule has 0 radical (unpaired) electrons. The third kappa shape index (κ3) is 3.67. The Labute approximate surface area is 94.9 Å². The van der Waals surface area contributed by atoms with E-state index in [2.05, 4.69) is 5.32 Å². The maximum absolute atomic E-state index is 11.7. The SMILES string of the molecule is CCc1occc1C(=O)NCCOCCN. The highest BCUT2D eigenvalue weighted by Crippen LogP contribution is 2.10. The van der Waals surface area contributed by atoms with Crippen molar-refractivity contribution in [1.82, 2.24) is 5.32 Å². The molecule has 1 aromatic rings. The van der Waals surface area contributed by atoms with Gasteiger partial charge in [0.15, 0.2) is 0 Å². The second-order valence-electron chi connectivity index (χ2n) is 3.27. The van der Waals surface area contributed by atoms with Gasteiger partial charge in [-0.2, -0.15) is 0 Å². The van der Waals surface area contributed by atoms with Crippen LogP contribution in [0.2, 0.25) is 0 Å². The fraction of sp³-hybridized carbons (Fsp3) is 0.545. The summed E-state index contributed by atoms with van der Waals surface area (Å²) >= 11 is 0. The minimum absolute atomic E-state index is 0.123. The van der Waals surface area contributed by atoms with Crippen molar-refractivity contribution in [2.75, 3.05) is 26.3 Å². The van der Waals surface area contributed by atoms with Crippen molar-refractivity contribution in [2.45, 2.75) is 13.3 Å². The second-order valence-corrected chi connectivity index (χ2v) is 3.27. The molecule has 0 aliphatic carbocycles. The average molecular weight is 226 g/mol. The number of hydrogen-bond donors (Lipinski definition) is 2. The molecule has 0 spiro atoms. The van der Waals surface area contributed by atoms with Gasteiger partial charge in [0.25, 0.3) is 5.91 Å². The van der Waals surface area contributed by atoms with Crippen LogP contribution >= 0.6 is 0 Å². The van der Waals surface area contributed by atoms with E-state index in [1.54, 1.807) is 6.07 Å². The predicted octanol–water partition coefficient (Wildman–Crippen LogP) is 0.547. The number of nitrogens with one attached hydrogen (secondary N) is 1. The van der Waals surface area contributed by atoms with E-state index in [0.29, 0.717) is 44.0 Å². The highest BCUT2D eigenvalue weighted by atomic mass is 16.5. The molecule has 3 N–H and O–H groups in total. The number of furan rings is 1. The van der Waals surface area contributed by atoms with E-state index in [9.17, 15) is 4.79 Å². The Kier molecular flexibility index (Phi) is 5.60. The summed E-state index contributed by atoms with van der Waals surface area (Å²) in [5.41, 5.74) is 5.86. The van der Waals surface area contributed by atoms with Crippen LogP contribution in [-0.4, -0.2) is 32.2 Å². The molecule has 0 atom stereocenters. The van der Waals surface area contributed by atoms with Gasteiger partial charge in [-0.05, 0) is 6.07 Å². The van der Waals surface area contributed by atoms with Crippen LogP contribution in [0, 0.1) is 0 Å². The molecule has 0 saturated carbocycles. The Morgan fingerprint density at radius 2 is 2.38 bits per heavy atom. The van der Waals surface area contributed by atoms with Gasteiger partial charge in [-0.3, -0.25) is 4.79 Å². The van der Waals surface area contributed by atoms with Crippen molar-refractivity contribution in [3.8, 4) is 0 Å². The highest BCUT2D eigenvalue weighted by molar-refractivity contribution is 5.95. The normalized spacial score (nSPS) is 10.4. The van der Waals surface area contributed by atoms with Gasteiger partial charge in [0.2, 0.25) is 0 Å². The Hall–Kier alpha value is -1.33. The van der Waals surface area contributed by atoms with Crippen LogP contribution in [-0.2, 0) is 11.2 Å². The number of carbonyl (C=O) groups excluding carboxylic acids is 1. The summed E-state index contributed by atoms with van der Waals surface area (Å²) in [6.07, 6.45) is 2.23. The summed E-state index contributed by atoms with van der Waals surface area (Å²) in [5.74, 6) is 0.585. The van der Waals surface area contributed by atoms with Crippen LogP contribution in [0.15, 0.2) is 16.7 Å². The molecule has 0 saturated heterocycles. The van der Waals surface area contributed by atoms with Crippen molar-refractivity contribution in [1.29, 1.82) is 0 Å². The third-order valence-corrected chi connectivity index (χ3v) is 2.11. The van der Waals surface area contributed by atoms with Gasteiger partial charge in [0.1, 0.15) is 5.76 Å². The van der Waals surface area contributed by atoms with Crippen LogP contribution in [0.4, 0.5) is 0 Å². The predicted molar refractivity (Wildman–Crippen MR) is 60.3 cm³/mol. The van der Waals surface area contributed by atoms with Gasteiger partial charge in [0.05, 0.1) is 25.0 Å². The Balaban J connectivity index is 2.30. The van der Waals surface area contributed by atoms with Gasteiger partial charge in [0, 0.05) is 19.5 Å². The van der Waals surface area contributed by atoms with Crippen molar-refractivity contribution >= 4 is 5.91 Å². The van der Waals surface area contributed by atoms with Crippen LogP contribution in [0.5, 0.6) is 0 Å². The standard InChI is InChI=1S/C11H18N2O3/c1-2-10-9(3-6-16-10)11(14)13-5-8-15-7-4-12/h3,6H,2,4-5,7-8,12H2,1H3,(H,13,14). The molecule has 16 heavy (non-hydrogen) atoms. The summed E-state index contributed by atoms with van der Waals surface area (Å²) < 4.78 is 10.3. The lowest BCUT2D eigenvalue weighted by Crippen LogP contribution is -2.28. The van der Waals surface area contributed by atoms with Crippen molar-refractivity contribution < 1.29 is 13.9 Å². The molecule has 1 amide bonds. The van der Waals surface area contributed by atoms with Crippen LogP contribution in [0.25, 0.3) is 0 Å². The summed E-state index contributed by atoms with van der Waals surface area (Å²) in [6, 6.07) is 1.68. The zero-order chi connectivity index (χ0) is 11.8. The van der Waals surface area contributed by atoms with Gasteiger partial charge < -0.3 is 20.2 Å². The van der Waals surface area contributed by atoms with Crippen molar-refractivity contribution in [2.24, 2.45) is 5.73 Å². The largest absolute Gasteiger partial charge is 0.469 e. The number of nitrogens with two attached hydrogens (primary N) is 1. The smallest absolute Gasteiger partial charge is 0.254 e. The first kappa shape index (κ1) is 12.7. The zero-order valence-electron chi connectivity index (χ0n) is 9.49. The lowest BCUT2D eigenvalue weighted by Gasteiger charge is -2.05. The van der Waals surface area contributed by atoms with E-state index in [4.69, 9.17) is 14.9 Å². The summed E-state index contributed by atoms with van der Waals surface area (Å²) in [6.45, 7) is 3.91. The molecular formula is C11H18N2O3. The molecule has 5 nitrogen and oxygen atoms in total. The van der Waals surface area contributed by atoms with Gasteiger partial charge in [-0.25, -0.2) is 0 Å². The third-order valence-electron chi connectivity index (χ3n) is 2.11. The molecule has 1 heterocycles. The Morgan fingerprint density at radius 1 is 1.56 bits per heavy atom. The number of aryl methyl sites for hydroxylation is 1. The van der Waals surface area contributed by atoms with E-state index in [1.165, 1.54) is 6.26 Å². The highest BCUT2D eigenvalue weighted by Gasteiger charge is 2.12. The molecule has 1 aromatic heterocycles. The maximum atomic E-state index is 11.7. The number of rotatable bonds is 7. The maximum Gasteiger partial charge on any atom is 0.254 e. The summed E-state index contributed by atoms with van der Waals surface area (Å²) in [7, 11) is 0. The minimum atomic E-state index is -0.123. The van der Waals surface area contributed by atoms with Gasteiger partial charge in [-0.1, -0.05) is 6.92 Å². The number of carbonyl (C=O) groups is 1. The fourth-order valence-electron chi connectivity index (χ4n) is 1.33. The monoisotopic (exact) mass is 226 g/mol. The number of amides is 1. The summed E-state index contributed by atoms with van der Waals surface area (Å²) in [5, 5.41) is 2.75. The molecule has 5 heteroatoms. The van der Waals surface area contributed by atoms with Crippen LogP contribution < -0.4 is 11.1 Å². The van der Waals surface area contributed by atoms with Gasteiger partial charge in [-0.15, -0.1) is 0 Å². The quantitative estimate of drug-likeness (QED) is 0.665. The molecule has 0 aliphatic heterocycles. The van der Waals surface area contributed by atoms with E-state index in [0.717, 1.165) is 0 Å². The fourth-order valence-corrected chi connectivity index (χ4v) is 1.33. The second kappa shape index (κ2) is 7.03. The average Bonchev–Trinajstić information content (AvgIpc) is 2.76. The Morgan fingerprint density at radius 3 is 3.06 bits per heavy atom. The number of ether oxygens (including phenoxy) is 1.